The van der Waals surface area contributed by atoms with Crippen molar-refractivity contribution in [3.8, 4) is 0 Å². The summed E-state index contributed by atoms with van der Waals surface area (Å²) in [6, 6.07) is 0. The van der Waals surface area contributed by atoms with Crippen LogP contribution in [-0.2, 0) is 14.3 Å². The van der Waals surface area contributed by atoms with E-state index in [0.717, 1.165) is 0 Å². The molecule has 1 atom stereocenters. The Morgan fingerprint density at radius 1 is 1.33 bits per heavy atom. The van der Waals surface area contributed by atoms with E-state index in [1.807, 2.05) is 21.1 Å². The van der Waals surface area contributed by atoms with Gasteiger partial charge < -0.3 is 31.5 Å². The van der Waals surface area contributed by atoms with Crippen LogP contribution in [0.15, 0.2) is 0 Å². The van der Waals surface area contributed by atoms with Gasteiger partial charge in [-0.15, -0.1) is 0 Å². The number of carboxylic acids is 1. The quantitative estimate of drug-likeness (QED) is 0.286. The van der Waals surface area contributed by atoms with E-state index >= 15 is 0 Å². The summed E-state index contributed by atoms with van der Waals surface area (Å²) in [6.45, 7) is 0.445. The third-order valence-corrected chi connectivity index (χ3v) is 2.30. The van der Waals surface area contributed by atoms with E-state index < -0.39 is 12.1 Å². The van der Waals surface area contributed by atoms with Crippen LogP contribution in [0.25, 0.3) is 0 Å². The molecule has 0 heterocycles. The number of ether oxygens (including phenoxy) is 1. The molecule has 1 unspecified atom stereocenters. The summed E-state index contributed by atoms with van der Waals surface area (Å²) in [5, 5.41) is 10.6. The van der Waals surface area contributed by atoms with Gasteiger partial charge in [-0.3, -0.25) is 4.79 Å². The molecule has 0 saturated heterocycles. The molecule has 0 amide bonds. The van der Waals surface area contributed by atoms with Gasteiger partial charge in [-0.1, -0.05) is 0 Å². The summed E-state index contributed by atoms with van der Waals surface area (Å²) in [6.07, 6.45) is 0.00358. The van der Waals surface area contributed by atoms with Gasteiger partial charge in [0.25, 0.3) is 0 Å². The second-order valence-electron chi connectivity index (χ2n) is 4.99. The highest BCUT2D eigenvalue weighted by Gasteiger charge is 2.22. The normalized spacial score (nSPS) is 12.4. The number of hydrogen-bond acceptors (Lipinski definition) is 5. The summed E-state index contributed by atoms with van der Waals surface area (Å²) in [7, 11) is 5.72. The Hall–Kier alpha value is -0.460. The zero-order chi connectivity index (χ0) is 13.5. The van der Waals surface area contributed by atoms with Gasteiger partial charge in [-0.05, 0) is 12.2 Å². The minimum atomic E-state index is -1.20. The second kappa shape index (κ2) is 9.47. The zero-order valence-electron chi connectivity index (χ0n) is 11.0. The molecule has 0 aromatic carbocycles. The Labute approximate surface area is 120 Å². The lowest BCUT2D eigenvalue weighted by Crippen LogP contribution is -3.00. The van der Waals surface area contributed by atoms with Crippen LogP contribution in [0.5, 0.6) is 0 Å². The Morgan fingerprint density at radius 2 is 1.89 bits per heavy atom. The summed E-state index contributed by atoms with van der Waals surface area (Å²) in [4.78, 5) is 22.0. The number of aliphatic carboxylic acids is 1. The van der Waals surface area contributed by atoms with Crippen LogP contribution in [0.2, 0.25) is 0 Å². The predicted octanol–water partition coefficient (Wildman–Crippen LogP) is -3.54. The van der Waals surface area contributed by atoms with E-state index in [-0.39, 0.29) is 31.2 Å². The Bertz CT molecular complexity index is 268. The maximum absolute atomic E-state index is 11.4. The molecule has 0 fully saturated rings. The maximum Gasteiger partial charge on any atom is 0.306 e. The van der Waals surface area contributed by atoms with Gasteiger partial charge in [0.2, 0.25) is 0 Å². The number of thiol groups is 1. The third-order valence-electron chi connectivity index (χ3n) is 1.98. The number of rotatable bonds is 8. The van der Waals surface area contributed by atoms with Gasteiger partial charge in [0.15, 0.2) is 6.10 Å². The summed E-state index contributed by atoms with van der Waals surface area (Å²) in [5.41, 5.74) is 0. The molecule has 108 valence electrons. The van der Waals surface area contributed by atoms with Gasteiger partial charge in [-0.25, -0.2) is 0 Å². The molecule has 0 spiro atoms. The number of esters is 1. The van der Waals surface area contributed by atoms with Gasteiger partial charge in [0.05, 0.1) is 21.1 Å². The second-order valence-corrected chi connectivity index (χ2v) is 5.44. The standard InChI is InChI=1S/C11H21NO4S.ClH/c1-12(2,3)8-9(7-10(13)14)16-11(15)5-4-6-17;/h9H,4-8H2,1-3H3,(H-,13,14,17);1H/p-1. The van der Waals surface area contributed by atoms with E-state index in [1.54, 1.807) is 0 Å². The Balaban J connectivity index is 0. The summed E-state index contributed by atoms with van der Waals surface area (Å²) >= 11 is 4.00. The molecule has 0 N–H and O–H groups in total. The third kappa shape index (κ3) is 12.0. The van der Waals surface area contributed by atoms with E-state index in [4.69, 9.17) is 4.74 Å². The molecule has 0 aromatic heterocycles. The zero-order valence-corrected chi connectivity index (χ0v) is 12.7. The topological polar surface area (TPSA) is 66.4 Å². The molecule has 0 aromatic rings. The fraction of sp³-hybridized carbons (Fsp3) is 0.818. The highest BCUT2D eigenvalue weighted by atomic mass is 35.5. The molecule has 18 heavy (non-hydrogen) atoms. The number of halogens is 1. The Morgan fingerprint density at radius 3 is 2.28 bits per heavy atom. The van der Waals surface area contributed by atoms with Crippen LogP contribution >= 0.6 is 12.6 Å². The molecule has 0 aliphatic carbocycles. The highest BCUT2D eigenvalue weighted by Crippen LogP contribution is 2.07. The van der Waals surface area contributed by atoms with E-state index in [9.17, 15) is 14.7 Å². The minimum Gasteiger partial charge on any atom is -1.00 e. The highest BCUT2D eigenvalue weighted by molar-refractivity contribution is 7.80. The molecule has 0 bridgehead atoms. The van der Waals surface area contributed by atoms with Gasteiger partial charge in [0, 0.05) is 18.8 Å². The van der Waals surface area contributed by atoms with Gasteiger partial charge in [0.1, 0.15) is 6.54 Å². The molecule has 7 heteroatoms. The molecular weight excluding hydrogens is 278 g/mol. The predicted molar refractivity (Wildman–Crippen MR) is 65.5 cm³/mol. The first kappa shape index (κ1) is 19.9. The summed E-state index contributed by atoms with van der Waals surface area (Å²) < 4.78 is 5.66. The molecule has 0 aliphatic rings. The largest absolute Gasteiger partial charge is 1.00 e. The van der Waals surface area contributed by atoms with Crippen molar-refractivity contribution in [3.63, 3.8) is 0 Å². The molecule has 0 aliphatic heterocycles. The number of carboxylic acid groups (broad SMARTS) is 1. The Kier molecular flexibility index (Phi) is 10.5. The van der Waals surface area contributed by atoms with Crippen molar-refractivity contribution in [3.05, 3.63) is 0 Å². The van der Waals surface area contributed by atoms with Crippen molar-refractivity contribution in [2.24, 2.45) is 0 Å². The van der Waals surface area contributed by atoms with Crippen molar-refractivity contribution in [2.75, 3.05) is 33.4 Å². The lowest BCUT2D eigenvalue weighted by molar-refractivity contribution is -0.873. The van der Waals surface area contributed by atoms with E-state index in [1.165, 1.54) is 0 Å². The number of carbonyl (C=O) groups is 2. The first-order valence-corrected chi connectivity index (χ1v) is 6.18. The fourth-order valence-corrected chi connectivity index (χ4v) is 1.57. The lowest BCUT2D eigenvalue weighted by Gasteiger charge is -2.29. The van der Waals surface area contributed by atoms with Crippen LogP contribution in [0, 0.1) is 0 Å². The van der Waals surface area contributed by atoms with Crippen LogP contribution in [-0.4, -0.2) is 56.0 Å². The maximum atomic E-state index is 11.4. The average molecular weight is 299 g/mol. The average Bonchev–Trinajstić information content (AvgIpc) is 2.10. The van der Waals surface area contributed by atoms with Crippen molar-refractivity contribution in [2.45, 2.75) is 25.4 Å². The number of likely N-dealkylation sites (N-methyl/N-ethyl adjacent to an activating group) is 1. The van der Waals surface area contributed by atoms with Crippen molar-refractivity contribution in [1.82, 2.24) is 0 Å². The minimum absolute atomic E-state index is 0. The van der Waals surface area contributed by atoms with Crippen LogP contribution in [0.4, 0.5) is 0 Å². The molecule has 5 nitrogen and oxygen atoms in total. The van der Waals surface area contributed by atoms with Crippen molar-refractivity contribution >= 4 is 24.6 Å². The first-order valence-electron chi connectivity index (χ1n) is 5.55. The van der Waals surface area contributed by atoms with Gasteiger partial charge in [-0.2, -0.15) is 12.6 Å². The number of quaternary nitrogens is 1. The lowest BCUT2D eigenvalue weighted by atomic mass is 10.2. The number of nitrogens with zero attached hydrogens (tertiary/aromatic N) is 1. The van der Waals surface area contributed by atoms with Crippen LogP contribution < -0.4 is 17.5 Å². The molecular formula is C11H21ClNO4S-. The molecule has 0 radical (unpaired) electrons. The smallest absolute Gasteiger partial charge is 0.306 e. The summed E-state index contributed by atoms with van der Waals surface area (Å²) in [5.74, 6) is -0.973. The first-order chi connectivity index (χ1) is 7.74. The number of carbonyl (C=O) groups excluding carboxylic acids is 2. The molecule has 0 rings (SSSR count). The van der Waals surface area contributed by atoms with Crippen LogP contribution in [0.3, 0.4) is 0 Å². The monoisotopic (exact) mass is 298 g/mol. The van der Waals surface area contributed by atoms with Crippen molar-refractivity contribution in [1.29, 1.82) is 0 Å². The SMILES string of the molecule is C[N+](C)(C)CC(CC(=O)[O-])OC(=O)CCCS.[Cl-]. The van der Waals surface area contributed by atoms with Gasteiger partial charge >= 0.3 is 5.97 Å². The molecule has 0 saturated carbocycles. The van der Waals surface area contributed by atoms with E-state index in [0.29, 0.717) is 23.2 Å². The fourth-order valence-electron chi connectivity index (χ4n) is 1.41. The van der Waals surface area contributed by atoms with Crippen molar-refractivity contribution < 1.29 is 36.3 Å². The number of hydrogen-bond donors (Lipinski definition) is 1. The van der Waals surface area contributed by atoms with Crippen LogP contribution in [0.1, 0.15) is 19.3 Å². The van der Waals surface area contributed by atoms with E-state index in [2.05, 4.69) is 12.6 Å².